The molecule has 8 atom stereocenters. The van der Waals surface area contributed by atoms with Crippen LogP contribution in [0.25, 0.3) is 11.3 Å². The van der Waals surface area contributed by atoms with E-state index in [1.54, 1.807) is 0 Å². The number of rotatable bonds is 8. The fourth-order valence-corrected chi connectivity index (χ4v) is 16.0. The number of hydrogen-bond acceptors (Lipinski definition) is 6. The third kappa shape index (κ3) is 5.72. The van der Waals surface area contributed by atoms with Gasteiger partial charge in [-0.25, -0.2) is 4.79 Å². The molecule has 318 valence electrons. The van der Waals surface area contributed by atoms with Gasteiger partial charge in [0.05, 0.1) is 35.4 Å². The van der Waals surface area contributed by atoms with Crippen LogP contribution in [0.4, 0.5) is 18.0 Å². The average Bonchev–Trinajstić information content (AvgIpc) is 3.76. The van der Waals surface area contributed by atoms with Crippen molar-refractivity contribution in [2.45, 2.75) is 122 Å². The second kappa shape index (κ2) is 13.2. The van der Waals surface area contributed by atoms with E-state index in [-0.39, 0.29) is 69.8 Å². The number of aliphatic hydroxyl groups is 2. The zero-order chi connectivity index (χ0) is 41.5. The molecule has 10 aliphatic rings. The number of Topliss-reactive ketones (excluding diaryl/α,β-unsaturated/α-hetero) is 1. The Bertz CT molecular complexity index is 2110. The van der Waals surface area contributed by atoms with Crippen molar-refractivity contribution in [2.24, 2.45) is 56.7 Å². The summed E-state index contributed by atoms with van der Waals surface area (Å²) in [5.74, 6) is 1.73. The molecule has 1 aromatic heterocycles. The van der Waals surface area contributed by atoms with Crippen molar-refractivity contribution in [3.8, 4) is 11.3 Å². The number of halogens is 4. The summed E-state index contributed by atoms with van der Waals surface area (Å²) in [6.07, 6.45) is 12.9. The van der Waals surface area contributed by atoms with E-state index in [0.29, 0.717) is 55.6 Å². The molecule has 2 N–H and O–H groups in total. The van der Waals surface area contributed by atoms with E-state index in [1.807, 2.05) is 11.8 Å². The molecule has 1 amide bonds. The Kier molecular flexibility index (Phi) is 8.96. The zero-order valence-corrected chi connectivity index (χ0v) is 35.1. The van der Waals surface area contributed by atoms with E-state index >= 15 is 4.79 Å². The lowest BCUT2D eigenvalue weighted by atomic mass is 9.32. The summed E-state index contributed by atoms with van der Waals surface area (Å²) in [6, 6.07) is 6.07. The van der Waals surface area contributed by atoms with Gasteiger partial charge in [0.15, 0.2) is 5.76 Å². The third-order valence-electron chi connectivity index (χ3n) is 18.0. The number of fused-ring (bicyclic) bond motifs is 1. The predicted molar refractivity (Wildman–Crippen MR) is 216 cm³/mol. The Balaban J connectivity index is 1.02. The molecule has 0 aliphatic heterocycles. The quantitative estimate of drug-likeness (QED) is 0.203. The highest BCUT2D eigenvalue weighted by Gasteiger charge is 2.75. The summed E-state index contributed by atoms with van der Waals surface area (Å²) in [4.78, 5) is 31.0. The van der Waals surface area contributed by atoms with Gasteiger partial charge in [0.25, 0.3) is 0 Å². The Morgan fingerprint density at radius 2 is 1.56 bits per heavy atom. The number of alkyl halides is 3. The van der Waals surface area contributed by atoms with Crippen molar-refractivity contribution in [2.75, 3.05) is 19.7 Å². The van der Waals surface area contributed by atoms with Gasteiger partial charge in [-0.05, 0) is 161 Å². The van der Waals surface area contributed by atoms with Crippen LogP contribution in [0.2, 0.25) is 5.02 Å². The van der Waals surface area contributed by atoms with Crippen LogP contribution < -0.4 is 0 Å². The van der Waals surface area contributed by atoms with Crippen LogP contribution in [0, 0.1) is 56.7 Å². The molecular formula is C48H57ClF3NO6. The maximum Gasteiger partial charge on any atom is 0.416 e. The van der Waals surface area contributed by atoms with E-state index < -0.39 is 39.7 Å². The van der Waals surface area contributed by atoms with Gasteiger partial charge in [-0.15, -0.1) is 0 Å². The zero-order valence-electron chi connectivity index (χ0n) is 34.4. The fraction of sp³-hybridized carbons (Fsp3) is 0.667. The summed E-state index contributed by atoms with van der Waals surface area (Å²) in [5.41, 5.74) is -3.76. The van der Waals surface area contributed by atoms with Crippen molar-refractivity contribution < 1.29 is 42.1 Å². The smallest absolute Gasteiger partial charge is 0.416 e. The first kappa shape index (κ1) is 40.0. The monoisotopic (exact) mass is 835 g/mol. The number of ether oxygens (including phenoxy) is 1. The van der Waals surface area contributed by atoms with Crippen LogP contribution in [-0.2, 0) is 10.9 Å². The van der Waals surface area contributed by atoms with Crippen molar-refractivity contribution >= 4 is 23.5 Å². The summed E-state index contributed by atoms with van der Waals surface area (Å²) in [6.45, 7) is 7.33. The van der Waals surface area contributed by atoms with Crippen molar-refractivity contribution in [1.29, 1.82) is 0 Å². The van der Waals surface area contributed by atoms with Gasteiger partial charge < -0.3 is 24.3 Å². The van der Waals surface area contributed by atoms with Gasteiger partial charge in [0.1, 0.15) is 5.76 Å². The van der Waals surface area contributed by atoms with Gasteiger partial charge in [-0.2, -0.15) is 13.2 Å². The first-order valence-electron chi connectivity index (χ1n) is 22.1. The molecule has 1 aromatic carbocycles. The average molecular weight is 836 g/mol. The highest BCUT2D eigenvalue weighted by atomic mass is 35.5. The maximum atomic E-state index is 15.2. The van der Waals surface area contributed by atoms with E-state index in [1.165, 1.54) is 37.5 Å². The number of hydrogen-bond donors (Lipinski definition) is 2. The second-order valence-electron chi connectivity index (χ2n) is 21.0. The minimum atomic E-state index is -4.59. The van der Waals surface area contributed by atoms with Gasteiger partial charge in [0, 0.05) is 33.9 Å². The maximum absolute atomic E-state index is 15.2. The van der Waals surface area contributed by atoms with Crippen LogP contribution in [0.5, 0.6) is 0 Å². The Morgan fingerprint density at radius 3 is 2.24 bits per heavy atom. The second-order valence-corrected chi connectivity index (χ2v) is 21.4. The molecule has 7 nitrogen and oxygen atoms in total. The number of aliphatic hydroxyl groups excluding tert-OH is 1. The largest absolute Gasteiger partial charge is 0.453 e. The van der Waals surface area contributed by atoms with Crippen LogP contribution >= 0.6 is 11.6 Å². The number of benzene rings is 1. The predicted octanol–water partition coefficient (Wildman–Crippen LogP) is 11.1. The molecule has 7 saturated carbocycles. The Labute approximate surface area is 349 Å². The van der Waals surface area contributed by atoms with Crippen LogP contribution in [0.3, 0.4) is 0 Å². The molecule has 10 aliphatic carbocycles. The van der Waals surface area contributed by atoms with Gasteiger partial charge in [-0.1, -0.05) is 43.7 Å². The number of ketones is 1. The summed E-state index contributed by atoms with van der Waals surface area (Å²) in [5, 5.41) is 24.4. The molecule has 1 heterocycles. The minimum absolute atomic E-state index is 0.00728. The van der Waals surface area contributed by atoms with E-state index in [2.05, 4.69) is 32.1 Å². The van der Waals surface area contributed by atoms with Crippen molar-refractivity contribution in [1.82, 2.24) is 4.90 Å². The molecule has 12 rings (SSSR count). The molecule has 2 aromatic rings. The highest BCUT2D eigenvalue weighted by Crippen LogP contribution is 2.78. The SMILES string of the molecule is CCOC(=O)N(CC12CC3CC(CC(C3)C1)C2)C[C@]1(O)CC[C@H]2[C@]34C=C[C@@]5(C=C3C(=O)c3ccc(-c6cc(C(F)(F)F)ccc6Cl)o3)CC(O)CC[C@]5(C)[C@H]4CC[C@@]21C. The molecule has 11 heteroatoms. The number of carbonyl (C=O) groups excluding carboxylic acids is 2. The number of carbonyl (C=O) groups is 2. The molecule has 6 bridgehead atoms. The summed E-state index contributed by atoms with van der Waals surface area (Å²) < 4.78 is 53.1. The van der Waals surface area contributed by atoms with Crippen LogP contribution in [-0.4, -0.2) is 58.4 Å². The van der Waals surface area contributed by atoms with E-state index in [0.717, 1.165) is 50.7 Å². The topological polar surface area (TPSA) is 100 Å². The molecule has 1 unspecified atom stereocenters. The molecule has 0 radical (unpaired) electrons. The van der Waals surface area contributed by atoms with E-state index in [9.17, 15) is 28.2 Å². The normalized spacial score (nSPS) is 42.6. The molecular weight excluding hydrogens is 779 g/mol. The third-order valence-corrected chi connectivity index (χ3v) is 18.3. The summed E-state index contributed by atoms with van der Waals surface area (Å²) >= 11 is 6.42. The molecule has 0 saturated heterocycles. The van der Waals surface area contributed by atoms with Gasteiger partial charge in [0.2, 0.25) is 5.78 Å². The van der Waals surface area contributed by atoms with Crippen molar-refractivity contribution in [3.05, 3.63) is 70.5 Å². The highest BCUT2D eigenvalue weighted by molar-refractivity contribution is 6.33. The fourth-order valence-electron chi connectivity index (χ4n) is 15.8. The molecule has 7 fully saturated rings. The molecule has 59 heavy (non-hydrogen) atoms. The van der Waals surface area contributed by atoms with Crippen LogP contribution in [0.15, 0.2) is 58.6 Å². The summed E-state index contributed by atoms with van der Waals surface area (Å²) in [7, 11) is 0. The number of nitrogens with zero attached hydrogens (tertiary/aromatic N) is 1. The lowest BCUT2D eigenvalue weighted by molar-refractivity contribution is -0.177. The number of furan rings is 1. The van der Waals surface area contributed by atoms with Gasteiger partial charge in [-0.3, -0.25) is 4.79 Å². The van der Waals surface area contributed by atoms with Crippen LogP contribution in [0.1, 0.15) is 120 Å². The Hall–Kier alpha value is -3.08. The molecule has 2 spiro atoms. The number of allylic oxidation sites excluding steroid dienone is 4. The minimum Gasteiger partial charge on any atom is -0.453 e. The first-order chi connectivity index (χ1) is 27.9. The van der Waals surface area contributed by atoms with E-state index in [4.69, 9.17) is 20.8 Å². The van der Waals surface area contributed by atoms with Crippen molar-refractivity contribution in [3.63, 3.8) is 0 Å². The number of amides is 1. The standard InChI is InChI=1S/C48H57ClF3NO6/c1-4-58-41(56)53(26-44-21-28-17-29(22-44)19-30(18-28)23-44)27-46(57)14-11-39-43(46,3)13-10-38-42(2)12-9-32(54)24-45(42)15-16-47(38,39)34(25-45)40(55)37-8-7-36(59-37)33-20-31(48(50,51)52)5-6-35(33)49/h5-8,15-16,20,25,28-30,32,38-39,54,57H,4,9-14,17-19,21-24,26-27H2,1-3H3/t28?,29?,30?,32?,38-,39-,42-,43+,44?,45+,46-,47-/m1/s1. The lowest BCUT2D eigenvalue weighted by Gasteiger charge is -2.71. The first-order valence-corrected chi connectivity index (χ1v) is 22.5. The van der Waals surface area contributed by atoms with Gasteiger partial charge >= 0.3 is 12.3 Å². The Morgan fingerprint density at radius 1 is 0.898 bits per heavy atom. The lowest BCUT2D eigenvalue weighted by Crippen LogP contribution is -2.67.